The number of para-hydroxylation sites is 2. The maximum Gasteiger partial charge on any atom is 0.357 e. The largest absolute Gasteiger partial charge is 0.456 e. The van der Waals surface area contributed by atoms with E-state index in [-0.39, 0.29) is 21.7 Å². The van der Waals surface area contributed by atoms with E-state index in [1.165, 1.54) is 11.1 Å². The molecule has 0 bridgehead atoms. The van der Waals surface area contributed by atoms with Crippen LogP contribution in [0, 0.1) is 18.8 Å². The van der Waals surface area contributed by atoms with E-state index in [1.807, 2.05) is 67.6 Å². The normalized spacial score (nSPS) is 21.2. The Morgan fingerprint density at radius 1 is 0.860 bits per heavy atom. The van der Waals surface area contributed by atoms with Crippen LogP contribution in [0.3, 0.4) is 0 Å². The minimum Gasteiger partial charge on any atom is -0.456 e. The highest BCUT2D eigenvalue weighted by atomic mass is 35.5. The van der Waals surface area contributed by atoms with Crippen LogP contribution in [-0.4, -0.2) is 41.7 Å². The number of hydrogen-bond acceptors (Lipinski definition) is 7. The molecule has 1 heterocycles. The summed E-state index contributed by atoms with van der Waals surface area (Å²) in [6, 6.07) is 25.7. The fourth-order valence-electron chi connectivity index (χ4n) is 6.17. The summed E-state index contributed by atoms with van der Waals surface area (Å²) in [5.41, 5.74) is 3.65. The van der Waals surface area contributed by atoms with Gasteiger partial charge in [-0.15, -0.1) is 0 Å². The Hall–Kier alpha value is -2.82. The van der Waals surface area contributed by atoms with Crippen LogP contribution in [0.5, 0.6) is 11.5 Å². The molecular formula is C33H34ClNO5S3. The van der Waals surface area contributed by atoms with Crippen LogP contribution in [0.25, 0.3) is 0 Å². The Bertz CT molecular complexity index is 1560. The summed E-state index contributed by atoms with van der Waals surface area (Å²) < 4.78 is 45.3. The van der Waals surface area contributed by atoms with Crippen LogP contribution in [0.15, 0.2) is 101 Å². The minimum absolute atomic E-state index is 0.0196. The predicted octanol–water partition coefficient (Wildman–Crippen LogP) is 7.84. The summed E-state index contributed by atoms with van der Waals surface area (Å²) in [7, 11) is -3.56. The van der Waals surface area contributed by atoms with Gasteiger partial charge in [-0.25, -0.2) is 8.42 Å². The van der Waals surface area contributed by atoms with E-state index in [1.54, 1.807) is 28.6 Å². The number of ether oxygens (including phenoxy) is 3. The van der Waals surface area contributed by atoms with Crippen molar-refractivity contribution in [2.24, 2.45) is 11.8 Å². The molecule has 3 atom stereocenters. The van der Waals surface area contributed by atoms with Crippen LogP contribution in [0.4, 0.5) is 0 Å². The van der Waals surface area contributed by atoms with Gasteiger partial charge in [-0.3, -0.25) is 0 Å². The van der Waals surface area contributed by atoms with Gasteiger partial charge >= 0.3 is 5.24 Å². The van der Waals surface area contributed by atoms with Gasteiger partial charge in [-0.05, 0) is 110 Å². The molecule has 3 aromatic carbocycles. The van der Waals surface area contributed by atoms with Gasteiger partial charge in [0, 0.05) is 30.7 Å². The summed E-state index contributed by atoms with van der Waals surface area (Å²) in [5.74, 6) is 1.97. The van der Waals surface area contributed by atoms with Gasteiger partial charge in [0.25, 0.3) is 4.51 Å². The lowest BCUT2D eigenvalue weighted by Crippen LogP contribution is -2.40. The topological polar surface area (TPSA) is 65.1 Å². The zero-order valence-electron chi connectivity index (χ0n) is 23.9. The predicted molar refractivity (Wildman–Crippen MR) is 177 cm³/mol. The van der Waals surface area contributed by atoms with Gasteiger partial charge in [0.05, 0.1) is 11.5 Å². The van der Waals surface area contributed by atoms with Crippen molar-refractivity contribution in [1.82, 2.24) is 4.31 Å². The van der Waals surface area contributed by atoms with Crippen LogP contribution >= 0.6 is 36.0 Å². The Labute approximate surface area is 269 Å². The summed E-state index contributed by atoms with van der Waals surface area (Å²) >= 11 is 15.1. The maximum atomic E-state index is 13.6. The third-order valence-corrected chi connectivity index (χ3v) is 10.4. The molecular weight excluding hydrogens is 622 g/mol. The SMILES string of the molecule is Cc1ccc(S(=O)(=O)N2CC3=C4C(CCCC42)CCC3COC(=S)Oc2ccccc2)cc1.S=C(Cl)Oc1ccccc1. The quantitative estimate of drug-likeness (QED) is 0.152. The summed E-state index contributed by atoms with van der Waals surface area (Å²) in [6.07, 6.45) is 5.18. The van der Waals surface area contributed by atoms with Crippen molar-refractivity contribution < 1.29 is 22.6 Å². The van der Waals surface area contributed by atoms with Crippen LogP contribution in [-0.2, 0) is 14.8 Å². The van der Waals surface area contributed by atoms with Gasteiger partial charge in [-0.1, -0.05) is 60.5 Å². The average molecular weight is 656 g/mol. The van der Waals surface area contributed by atoms with E-state index < -0.39 is 10.0 Å². The molecule has 1 aliphatic heterocycles. The van der Waals surface area contributed by atoms with E-state index in [9.17, 15) is 8.42 Å². The van der Waals surface area contributed by atoms with Crippen LogP contribution in [0.2, 0.25) is 0 Å². The maximum absolute atomic E-state index is 13.6. The standard InChI is InChI=1S/C26H29NO4S2.C7H5ClOS/c1-18-10-14-22(15-11-18)33(28,29)27-16-23-20(13-12-19-6-5-9-24(27)25(19)23)17-30-26(32)31-21-7-3-2-4-8-21;8-7(10)9-6-4-2-1-3-5-6/h2-4,7-8,10-11,14-15,19-20,24H,5-6,9,12-13,16-17H2,1H3;1-5H. The second kappa shape index (κ2) is 14.3. The van der Waals surface area contributed by atoms with E-state index in [2.05, 4.69) is 12.2 Å². The molecule has 226 valence electrons. The summed E-state index contributed by atoms with van der Waals surface area (Å²) in [4.78, 5) is 0.375. The highest BCUT2D eigenvalue weighted by Gasteiger charge is 2.47. The molecule has 0 aromatic heterocycles. The molecule has 6 nitrogen and oxygen atoms in total. The van der Waals surface area contributed by atoms with E-state index in [0.717, 1.165) is 37.7 Å². The first kappa shape index (κ1) is 31.6. The molecule has 10 heteroatoms. The van der Waals surface area contributed by atoms with Crippen molar-refractivity contribution in [2.45, 2.75) is 50.0 Å². The molecule has 0 saturated heterocycles. The first-order chi connectivity index (χ1) is 20.7. The molecule has 6 rings (SSSR count). The molecule has 3 aromatic rings. The molecule has 0 amide bonds. The number of nitrogens with zero attached hydrogens (tertiary/aromatic N) is 1. The smallest absolute Gasteiger partial charge is 0.357 e. The van der Waals surface area contributed by atoms with Crippen LogP contribution < -0.4 is 9.47 Å². The molecule has 0 radical (unpaired) electrons. The van der Waals surface area contributed by atoms with Crippen LogP contribution in [0.1, 0.15) is 37.7 Å². The molecule has 3 aliphatic rings. The fourth-order valence-corrected chi connectivity index (χ4v) is 8.14. The zero-order chi connectivity index (χ0) is 30.4. The highest BCUT2D eigenvalue weighted by Crippen LogP contribution is 2.49. The third-order valence-electron chi connectivity index (χ3n) is 8.15. The minimum atomic E-state index is -3.56. The van der Waals surface area contributed by atoms with Crippen molar-refractivity contribution in [2.75, 3.05) is 13.2 Å². The Kier molecular flexibility index (Phi) is 10.5. The molecule has 3 unspecified atom stereocenters. The third kappa shape index (κ3) is 7.83. The number of hydrogen-bond donors (Lipinski definition) is 0. The number of aryl methyl sites for hydroxylation is 1. The van der Waals surface area contributed by atoms with Gasteiger partial charge in [0.1, 0.15) is 11.5 Å². The lowest BCUT2D eigenvalue weighted by molar-refractivity contribution is 0.196. The van der Waals surface area contributed by atoms with E-state index in [4.69, 9.17) is 38.0 Å². The zero-order valence-corrected chi connectivity index (χ0v) is 27.1. The second-order valence-corrected chi connectivity index (χ2v) is 14.1. The summed E-state index contributed by atoms with van der Waals surface area (Å²) in [6.45, 7) is 2.84. The molecule has 0 spiro atoms. The van der Waals surface area contributed by atoms with Crippen molar-refractivity contribution in [1.29, 1.82) is 0 Å². The number of sulfonamides is 1. The van der Waals surface area contributed by atoms with Gasteiger partial charge in [-0.2, -0.15) is 4.31 Å². The molecule has 1 fully saturated rings. The van der Waals surface area contributed by atoms with Gasteiger partial charge in [0.2, 0.25) is 10.0 Å². The van der Waals surface area contributed by atoms with E-state index in [0.29, 0.717) is 35.5 Å². The molecule has 2 aliphatic carbocycles. The second-order valence-electron chi connectivity index (χ2n) is 10.9. The van der Waals surface area contributed by atoms with E-state index >= 15 is 0 Å². The highest BCUT2D eigenvalue weighted by molar-refractivity contribution is 7.89. The Balaban J connectivity index is 0.000000314. The van der Waals surface area contributed by atoms with Gasteiger partial charge in [0.15, 0.2) is 0 Å². The van der Waals surface area contributed by atoms with Crippen molar-refractivity contribution >= 4 is 55.8 Å². The first-order valence-electron chi connectivity index (χ1n) is 14.4. The lowest BCUT2D eigenvalue weighted by Gasteiger charge is -2.37. The van der Waals surface area contributed by atoms with Crippen molar-refractivity contribution in [3.05, 3.63) is 102 Å². The number of benzene rings is 3. The molecule has 0 N–H and O–H groups in total. The Morgan fingerprint density at radius 3 is 2.12 bits per heavy atom. The average Bonchev–Trinajstić information content (AvgIpc) is 3.40. The molecule has 43 heavy (non-hydrogen) atoms. The van der Waals surface area contributed by atoms with Crippen molar-refractivity contribution in [3.63, 3.8) is 0 Å². The number of thiocarbonyl (C=S) groups is 2. The fraction of sp³-hybridized carbons (Fsp3) is 0.333. The Morgan fingerprint density at radius 2 is 1.49 bits per heavy atom. The first-order valence-corrected chi connectivity index (χ1v) is 17.0. The monoisotopic (exact) mass is 655 g/mol. The van der Waals surface area contributed by atoms with Crippen molar-refractivity contribution in [3.8, 4) is 11.5 Å². The molecule has 1 saturated carbocycles. The van der Waals surface area contributed by atoms with Gasteiger partial charge < -0.3 is 14.2 Å². The lowest BCUT2D eigenvalue weighted by atomic mass is 9.71. The summed E-state index contributed by atoms with van der Waals surface area (Å²) in [5, 5.41) is 0.108. The number of halogens is 1. The number of rotatable bonds is 6.